The van der Waals surface area contributed by atoms with E-state index in [1.54, 1.807) is 17.1 Å². The second kappa shape index (κ2) is 7.35. The minimum Gasteiger partial charge on any atom is -0.336 e. The first-order valence-electron chi connectivity index (χ1n) is 8.99. The molecular formula is C19H27N5O. The summed E-state index contributed by atoms with van der Waals surface area (Å²) in [7, 11) is 1.88. The molecule has 0 aliphatic carbocycles. The summed E-state index contributed by atoms with van der Waals surface area (Å²) in [6, 6.07) is 4.71. The zero-order chi connectivity index (χ0) is 18.0. The lowest BCUT2D eigenvalue weighted by molar-refractivity contribution is 0.0371. The van der Waals surface area contributed by atoms with Crippen LogP contribution in [0.25, 0.3) is 11.3 Å². The van der Waals surface area contributed by atoms with E-state index >= 15 is 0 Å². The van der Waals surface area contributed by atoms with Gasteiger partial charge in [0, 0.05) is 56.7 Å². The number of hydrogen-bond acceptors (Lipinski definition) is 4. The van der Waals surface area contributed by atoms with Crippen molar-refractivity contribution in [3.63, 3.8) is 0 Å². The molecule has 134 valence electrons. The van der Waals surface area contributed by atoms with Gasteiger partial charge in [-0.25, -0.2) is 0 Å². The molecule has 2 aromatic rings. The SMILES string of the molecule is CC[C@@H]1CN(C(=O)c2ccc(-c3cnn(C)c3)nc2)CCN1C(C)C. The topological polar surface area (TPSA) is 54.3 Å². The molecule has 0 bridgehead atoms. The first-order chi connectivity index (χ1) is 12.0. The summed E-state index contributed by atoms with van der Waals surface area (Å²) >= 11 is 0. The zero-order valence-electron chi connectivity index (χ0n) is 15.5. The van der Waals surface area contributed by atoms with Crippen molar-refractivity contribution in [2.24, 2.45) is 7.05 Å². The van der Waals surface area contributed by atoms with Gasteiger partial charge in [0.05, 0.1) is 17.5 Å². The average molecular weight is 341 g/mol. The van der Waals surface area contributed by atoms with Gasteiger partial charge in [0.1, 0.15) is 0 Å². The molecule has 1 aliphatic rings. The Bertz CT molecular complexity index is 722. The van der Waals surface area contributed by atoms with E-state index in [1.165, 1.54) is 0 Å². The van der Waals surface area contributed by atoms with Crippen LogP contribution in [0.4, 0.5) is 0 Å². The molecule has 6 heteroatoms. The molecule has 1 atom stereocenters. The van der Waals surface area contributed by atoms with E-state index in [4.69, 9.17) is 0 Å². The quantitative estimate of drug-likeness (QED) is 0.857. The number of amides is 1. The van der Waals surface area contributed by atoms with Gasteiger partial charge in [0.25, 0.3) is 5.91 Å². The van der Waals surface area contributed by atoms with Crippen molar-refractivity contribution in [2.75, 3.05) is 19.6 Å². The normalized spacial score (nSPS) is 18.8. The predicted molar refractivity (Wildman–Crippen MR) is 98.3 cm³/mol. The summed E-state index contributed by atoms with van der Waals surface area (Å²) in [6.45, 7) is 9.14. The van der Waals surface area contributed by atoms with Crippen molar-refractivity contribution in [3.8, 4) is 11.3 Å². The molecule has 1 fully saturated rings. The molecule has 0 radical (unpaired) electrons. The Labute approximate surface area is 149 Å². The Balaban J connectivity index is 1.71. The van der Waals surface area contributed by atoms with Crippen molar-refractivity contribution < 1.29 is 4.79 Å². The fourth-order valence-electron chi connectivity index (χ4n) is 3.52. The van der Waals surface area contributed by atoms with Crippen molar-refractivity contribution >= 4 is 5.91 Å². The third kappa shape index (κ3) is 3.74. The third-order valence-electron chi connectivity index (χ3n) is 4.96. The van der Waals surface area contributed by atoms with Crippen LogP contribution in [0.2, 0.25) is 0 Å². The number of pyridine rings is 1. The predicted octanol–water partition coefficient (Wildman–Crippen LogP) is 2.43. The summed E-state index contributed by atoms with van der Waals surface area (Å²) in [5.74, 6) is 0.0760. The van der Waals surface area contributed by atoms with Gasteiger partial charge >= 0.3 is 0 Å². The van der Waals surface area contributed by atoms with Crippen LogP contribution in [0.1, 0.15) is 37.6 Å². The zero-order valence-corrected chi connectivity index (χ0v) is 15.5. The molecule has 25 heavy (non-hydrogen) atoms. The number of carbonyl (C=O) groups excluding carboxylic acids is 1. The van der Waals surface area contributed by atoms with Gasteiger partial charge in [0.15, 0.2) is 0 Å². The minimum atomic E-state index is 0.0760. The number of nitrogens with zero attached hydrogens (tertiary/aromatic N) is 5. The van der Waals surface area contributed by atoms with E-state index in [0.29, 0.717) is 17.6 Å². The summed E-state index contributed by atoms with van der Waals surface area (Å²) < 4.78 is 1.75. The third-order valence-corrected chi connectivity index (χ3v) is 4.96. The maximum atomic E-state index is 12.8. The van der Waals surface area contributed by atoms with Crippen LogP contribution in [0.3, 0.4) is 0 Å². The van der Waals surface area contributed by atoms with Crippen LogP contribution in [-0.4, -0.2) is 62.2 Å². The van der Waals surface area contributed by atoms with Crippen LogP contribution in [-0.2, 0) is 7.05 Å². The molecule has 0 N–H and O–H groups in total. The molecule has 3 rings (SSSR count). The molecule has 1 amide bonds. The highest BCUT2D eigenvalue weighted by molar-refractivity contribution is 5.94. The highest BCUT2D eigenvalue weighted by Crippen LogP contribution is 2.19. The van der Waals surface area contributed by atoms with E-state index < -0.39 is 0 Å². The van der Waals surface area contributed by atoms with E-state index in [2.05, 4.69) is 35.8 Å². The second-order valence-corrected chi connectivity index (χ2v) is 6.98. The molecule has 1 aliphatic heterocycles. The Morgan fingerprint density at radius 2 is 2.08 bits per heavy atom. The molecule has 0 aromatic carbocycles. The number of piperazine rings is 1. The lowest BCUT2D eigenvalue weighted by Crippen LogP contribution is -2.56. The van der Waals surface area contributed by atoms with E-state index in [9.17, 15) is 4.79 Å². The van der Waals surface area contributed by atoms with Gasteiger partial charge in [-0.05, 0) is 32.4 Å². The highest BCUT2D eigenvalue weighted by Gasteiger charge is 2.30. The summed E-state index contributed by atoms with van der Waals surface area (Å²) in [4.78, 5) is 21.7. The number of aromatic nitrogens is 3. The Kier molecular flexibility index (Phi) is 5.18. The largest absolute Gasteiger partial charge is 0.336 e. The van der Waals surface area contributed by atoms with Gasteiger partial charge in [-0.3, -0.25) is 19.4 Å². The number of aryl methyl sites for hydroxylation is 1. The van der Waals surface area contributed by atoms with Gasteiger partial charge in [-0.2, -0.15) is 5.10 Å². The van der Waals surface area contributed by atoms with E-state index in [1.807, 2.05) is 30.3 Å². The summed E-state index contributed by atoms with van der Waals surface area (Å²) in [5, 5.41) is 4.16. The van der Waals surface area contributed by atoms with Crippen molar-refractivity contribution in [2.45, 2.75) is 39.3 Å². The van der Waals surface area contributed by atoms with Crippen LogP contribution < -0.4 is 0 Å². The molecule has 0 saturated carbocycles. The monoisotopic (exact) mass is 341 g/mol. The summed E-state index contributed by atoms with van der Waals surface area (Å²) in [6.07, 6.45) is 6.43. The minimum absolute atomic E-state index is 0.0760. The van der Waals surface area contributed by atoms with E-state index in [0.717, 1.165) is 37.3 Å². The highest BCUT2D eigenvalue weighted by atomic mass is 16.2. The maximum absolute atomic E-state index is 12.8. The average Bonchev–Trinajstić information content (AvgIpc) is 3.07. The Morgan fingerprint density at radius 1 is 1.28 bits per heavy atom. The second-order valence-electron chi connectivity index (χ2n) is 6.98. The molecular weight excluding hydrogens is 314 g/mol. The molecule has 2 aromatic heterocycles. The molecule has 0 spiro atoms. The molecule has 3 heterocycles. The maximum Gasteiger partial charge on any atom is 0.255 e. The fraction of sp³-hybridized carbons (Fsp3) is 0.526. The van der Waals surface area contributed by atoms with Crippen LogP contribution in [0.5, 0.6) is 0 Å². The first kappa shape index (κ1) is 17.6. The van der Waals surface area contributed by atoms with Gasteiger partial charge in [-0.1, -0.05) is 6.92 Å². The summed E-state index contributed by atoms with van der Waals surface area (Å²) in [5.41, 5.74) is 2.44. The molecule has 1 saturated heterocycles. The van der Waals surface area contributed by atoms with Crippen LogP contribution >= 0.6 is 0 Å². The Morgan fingerprint density at radius 3 is 2.64 bits per heavy atom. The standard InChI is InChI=1S/C19H27N5O/c1-5-17-13-23(8-9-24(17)14(2)3)19(25)15-6-7-18(20-10-15)16-11-21-22(4)12-16/h6-7,10-12,14,17H,5,8-9,13H2,1-4H3/t17-/m1/s1. The van der Waals surface area contributed by atoms with Crippen LogP contribution in [0, 0.1) is 0 Å². The smallest absolute Gasteiger partial charge is 0.255 e. The molecule has 6 nitrogen and oxygen atoms in total. The number of rotatable bonds is 4. The number of carbonyl (C=O) groups is 1. The van der Waals surface area contributed by atoms with Crippen molar-refractivity contribution in [3.05, 3.63) is 36.3 Å². The molecule has 0 unspecified atom stereocenters. The fourth-order valence-corrected chi connectivity index (χ4v) is 3.52. The number of hydrogen-bond donors (Lipinski definition) is 0. The lowest BCUT2D eigenvalue weighted by Gasteiger charge is -2.43. The first-order valence-corrected chi connectivity index (χ1v) is 8.99. The van der Waals surface area contributed by atoms with Gasteiger partial charge in [-0.15, -0.1) is 0 Å². The van der Waals surface area contributed by atoms with Crippen LogP contribution in [0.15, 0.2) is 30.7 Å². The Hall–Kier alpha value is -2.21. The van der Waals surface area contributed by atoms with Crippen molar-refractivity contribution in [1.82, 2.24) is 24.6 Å². The van der Waals surface area contributed by atoms with Gasteiger partial charge in [0.2, 0.25) is 0 Å². The van der Waals surface area contributed by atoms with E-state index in [-0.39, 0.29) is 5.91 Å². The lowest BCUT2D eigenvalue weighted by atomic mass is 10.1. The van der Waals surface area contributed by atoms with Crippen molar-refractivity contribution in [1.29, 1.82) is 0 Å². The van der Waals surface area contributed by atoms with Gasteiger partial charge < -0.3 is 4.90 Å².